The molecule has 0 saturated carbocycles. The molecule has 0 unspecified atom stereocenters. The van der Waals surface area contributed by atoms with Gasteiger partial charge in [0, 0.05) is 28.1 Å². The van der Waals surface area contributed by atoms with Crippen LogP contribution in [-0.4, -0.2) is 4.98 Å². The largest absolute Gasteiger partial charge is 0.456 e. The molecule has 19 rings (SSSR count). The number of furan rings is 1. The van der Waals surface area contributed by atoms with Crippen LogP contribution < -0.4 is 0 Å². The van der Waals surface area contributed by atoms with Crippen molar-refractivity contribution in [2.75, 3.05) is 0 Å². The molecule has 0 spiro atoms. The minimum Gasteiger partial charge on any atom is -0.456 e. The molecule has 0 bridgehead atoms. The number of pyridine rings is 1. The zero-order valence-corrected chi connectivity index (χ0v) is 60.6. The summed E-state index contributed by atoms with van der Waals surface area (Å²) < 4.78 is 5.86. The third-order valence-corrected chi connectivity index (χ3v) is 20.0. The topological polar surface area (TPSA) is 26.0 Å². The lowest BCUT2D eigenvalue weighted by Gasteiger charge is -2.22. The van der Waals surface area contributed by atoms with E-state index in [1.54, 1.807) is 6.20 Å². The molecule has 18 aromatic rings. The number of hydrogen-bond acceptors (Lipinski definition) is 2. The molecular weight excluding hydrogens is 1260 g/mol. The zero-order chi connectivity index (χ0) is 71.5. The fraction of sp³-hybridized carbons (Fsp3) is 0.0882. The van der Waals surface area contributed by atoms with E-state index >= 15 is 0 Å². The van der Waals surface area contributed by atoms with Gasteiger partial charge in [0.2, 0.25) is 0 Å². The van der Waals surface area contributed by atoms with Crippen LogP contribution in [0.2, 0.25) is 0 Å². The second-order valence-electron chi connectivity index (χ2n) is 27.8. The van der Waals surface area contributed by atoms with E-state index in [-0.39, 0.29) is 5.41 Å². The number of aryl methyl sites for hydroxylation is 6. The molecule has 2 nitrogen and oxygen atoms in total. The molecule has 2 heterocycles. The Bertz CT molecular complexity index is 5950. The summed E-state index contributed by atoms with van der Waals surface area (Å²) in [5, 5.41) is 12.8. The molecule has 2 aromatic heterocycles. The quantitative estimate of drug-likeness (QED) is 0.161. The fourth-order valence-corrected chi connectivity index (χ4v) is 14.1. The highest BCUT2D eigenvalue weighted by atomic mass is 16.3. The Morgan fingerprint density at radius 1 is 0.221 bits per heavy atom. The third kappa shape index (κ3) is 15.5. The molecule has 1 aliphatic rings. The molecule has 16 aromatic carbocycles. The van der Waals surface area contributed by atoms with Crippen LogP contribution in [0.4, 0.5) is 0 Å². The molecule has 104 heavy (non-hydrogen) atoms. The summed E-state index contributed by atoms with van der Waals surface area (Å²) >= 11 is 0. The Labute approximate surface area is 612 Å². The van der Waals surface area contributed by atoms with Crippen LogP contribution in [0.1, 0.15) is 58.5 Å². The summed E-state index contributed by atoms with van der Waals surface area (Å²) in [4.78, 5) is 3.98. The van der Waals surface area contributed by atoms with E-state index in [4.69, 9.17) is 4.42 Å². The Hall–Kier alpha value is -12.5. The Balaban J connectivity index is 0.000000107. The predicted octanol–water partition coefficient (Wildman–Crippen LogP) is 28.5. The molecule has 1 aliphatic carbocycles. The zero-order valence-electron chi connectivity index (χ0n) is 60.6. The molecule has 0 atom stereocenters. The average molecular weight is 1340 g/mol. The fourth-order valence-electron chi connectivity index (χ4n) is 14.1. The molecular formula is C102H85NO. The highest BCUT2D eigenvalue weighted by molar-refractivity contribution is 6.14. The van der Waals surface area contributed by atoms with Crippen molar-refractivity contribution in [2.45, 2.75) is 60.8 Å². The molecule has 0 radical (unpaired) electrons. The van der Waals surface area contributed by atoms with Crippen molar-refractivity contribution in [3.05, 3.63) is 415 Å². The van der Waals surface area contributed by atoms with Crippen LogP contribution in [-0.2, 0) is 5.41 Å². The van der Waals surface area contributed by atoms with E-state index in [0.29, 0.717) is 0 Å². The number of para-hydroxylation sites is 1. The summed E-state index contributed by atoms with van der Waals surface area (Å²) in [5.41, 5.74) is 28.0. The Kier molecular flexibility index (Phi) is 20.6. The predicted molar refractivity (Wildman–Crippen MR) is 447 cm³/mol. The molecule has 0 fully saturated rings. The van der Waals surface area contributed by atoms with Gasteiger partial charge in [-0.25, -0.2) is 0 Å². The Morgan fingerprint density at radius 3 is 1.23 bits per heavy atom. The van der Waals surface area contributed by atoms with Gasteiger partial charge in [-0.3, -0.25) is 4.98 Å². The smallest absolute Gasteiger partial charge is 0.135 e. The van der Waals surface area contributed by atoms with Crippen molar-refractivity contribution in [3.63, 3.8) is 0 Å². The van der Waals surface area contributed by atoms with Crippen molar-refractivity contribution in [1.82, 2.24) is 4.98 Å². The van der Waals surface area contributed by atoms with E-state index in [1.807, 2.05) is 37.3 Å². The second kappa shape index (κ2) is 31.2. The van der Waals surface area contributed by atoms with Gasteiger partial charge in [0.05, 0.1) is 0 Å². The van der Waals surface area contributed by atoms with Crippen molar-refractivity contribution in [1.29, 1.82) is 0 Å². The van der Waals surface area contributed by atoms with Gasteiger partial charge in [-0.15, -0.1) is 0 Å². The molecule has 0 N–H and O–H groups in total. The maximum absolute atomic E-state index is 5.86. The SMILES string of the molecule is Cc1ccc(-c2cc3ccccc3c3ccccc23)cc1.Cc1ccc(-c2ccc3c(c2)C(C)(C)c2ccccc2-3)cc1.Cc1ccc(-c2ccc3ccccc3c2)cc1.Cc1ccc(-c2ccc3oc4ccccc4c3c2)cc1.Cc1ccc(-c2cccc3ccccc23)cc1.Cc1ccccn1. The summed E-state index contributed by atoms with van der Waals surface area (Å²) in [5.74, 6) is 0. The number of rotatable bonds is 5. The number of benzene rings is 16. The first-order valence-corrected chi connectivity index (χ1v) is 36.0. The standard InChI is InChI=1S/C22H20.C21H16.C19H14O.2C17H14.C6H7N/c1-15-8-10-16(11-9-15)17-12-13-19-18-6-4-5-7-20(18)22(2,3)21(19)14-17;1-15-10-12-16(13-11-15)21-14-17-6-2-3-7-18(17)19-8-4-5-9-20(19)21;1-13-6-8-14(9-7-13)15-10-11-19-17(12-15)16-4-2-3-5-18(16)20-19;1-13-9-11-15(12-10-13)17-8-4-6-14-5-2-3-7-16(14)17;1-13-6-8-15(9-7-13)17-11-10-14-4-2-3-5-16(14)12-17;1-6-4-2-3-5-7-6/h4-14H,1-3H3;2-14H,1H3;2-12H,1H3;2*2-12H,1H3;2-5H,1H3. The van der Waals surface area contributed by atoms with Gasteiger partial charge < -0.3 is 4.42 Å². The van der Waals surface area contributed by atoms with E-state index in [2.05, 4.69) is 387 Å². The van der Waals surface area contributed by atoms with Crippen LogP contribution in [0, 0.1) is 41.5 Å². The van der Waals surface area contributed by atoms with Crippen LogP contribution in [0.25, 0.3) is 132 Å². The number of aromatic nitrogens is 1. The summed E-state index contributed by atoms with van der Waals surface area (Å²) in [7, 11) is 0. The van der Waals surface area contributed by atoms with Crippen LogP contribution in [0.15, 0.2) is 375 Å². The molecule has 0 saturated heterocycles. The molecule has 504 valence electrons. The second-order valence-corrected chi connectivity index (χ2v) is 27.8. The molecule has 0 aliphatic heterocycles. The summed E-state index contributed by atoms with van der Waals surface area (Å²) in [6.07, 6.45) is 1.79. The lowest BCUT2D eigenvalue weighted by molar-refractivity contribution is 0.660. The van der Waals surface area contributed by atoms with Gasteiger partial charge in [0.25, 0.3) is 0 Å². The van der Waals surface area contributed by atoms with Gasteiger partial charge in [-0.2, -0.15) is 0 Å². The van der Waals surface area contributed by atoms with Crippen LogP contribution in [0.5, 0.6) is 0 Å². The lowest BCUT2D eigenvalue weighted by atomic mass is 9.81. The minimum atomic E-state index is 0.0760. The van der Waals surface area contributed by atoms with Crippen molar-refractivity contribution >= 4 is 65.0 Å². The number of nitrogens with zero attached hydrogens (tertiary/aromatic N) is 1. The monoisotopic (exact) mass is 1340 g/mol. The van der Waals surface area contributed by atoms with Crippen molar-refractivity contribution < 1.29 is 4.42 Å². The first-order valence-electron chi connectivity index (χ1n) is 36.0. The van der Waals surface area contributed by atoms with E-state index in [1.165, 1.54) is 160 Å². The first kappa shape index (κ1) is 68.6. The van der Waals surface area contributed by atoms with E-state index in [0.717, 1.165) is 16.9 Å². The third-order valence-electron chi connectivity index (χ3n) is 20.0. The summed E-state index contributed by atoms with van der Waals surface area (Å²) in [6.45, 7) is 17.2. The van der Waals surface area contributed by atoms with Crippen LogP contribution in [0.3, 0.4) is 0 Å². The van der Waals surface area contributed by atoms with Crippen molar-refractivity contribution in [3.8, 4) is 66.8 Å². The van der Waals surface area contributed by atoms with E-state index < -0.39 is 0 Å². The van der Waals surface area contributed by atoms with Gasteiger partial charge in [0.1, 0.15) is 11.2 Å². The number of hydrogen-bond donors (Lipinski definition) is 0. The minimum absolute atomic E-state index is 0.0760. The van der Waals surface area contributed by atoms with E-state index in [9.17, 15) is 0 Å². The van der Waals surface area contributed by atoms with Gasteiger partial charge in [-0.1, -0.05) is 357 Å². The molecule has 0 amide bonds. The van der Waals surface area contributed by atoms with Gasteiger partial charge in [0.15, 0.2) is 0 Å². The highest BCUT2D eigenvalue weighted by Gasteiger charge is 2.35. The molecule has 2 heteroatoms. The van der Waals surface area contributed by atoms with Gasteiger partial charge >= 0.3 is 0 Å². The average Bonchev–Trinajstić information content (AvgIpc) is 1.07. The maximum Gasteiger partial charge on any atom is 0.135 e. The summed E-state index contributed by atoms with van der Waals surface area (Å²) in [6, 6.07) is 129. The highest BCUT2D eigenvalue weighted by Crippen LogP contribution is 2.49. The maximum atomic E-state index is 5.86. The van der Waals surface area contributed by atoms with Gasteiger partial charge in [-0.05, 0) is 211 Å². The Morgan fingerprint density at radius 2 is 0.635 bits per heavy atom. The number of fused-ring (bicyclic) bond motifs is 11. The van der Waals surface area contributed by atoms with Crippen LogP contribution >= 0.6 is 0 Å². The van der Waals surface area contributed by atoms with Crippen molar-refractivity contribution in [2.24, 2.45) is 0 Å². The lowest BCUT2D eigenvalue weighted by Crippen LogP contribution is -2.14. The normalized spacial score (nSPS) is 11.5. The first-order chi connectivity index (χ1) is 50.8.